The molecule has 0 radical (unpaired) electrons. The van der Waals surface area contributed by atoms with Gasteiger partial charge in [0, 0.05) is 0 Å². The summed E-state index contributed by atoms with van der Waals surface area (Å²) in [5, 5.41) is 17.7. The van der Waals surface area contributed by atoms with Crippen LogP contribution in [-0.4, -0.2) is 10.2 Å². The van der Waals surface area contributed by atoms with Gasteiger partial charge in [-0.15, -0.1) is 0 Å². The molecule has 0 bridgehead atoms. The van der Waals surface area contributed by atoms with Gasteiger partial charge in [-0.25, -0.2) is 0 Å². The van der Waals surface area contributed by atoms with Crippen molar-refractivity contribution in [1.82, 2.24) is 0 Å². The molecule has 10 heavy (non-hydrogen) atoms. The third-order valence-corrected chi connectivity index (χ3v) is 1.14. The highest BCUT2D eigenvalue weighted by Crippen LogP contribution is 2.03. The Labute approximate surface area is 60.8 Å². The molecule has 0 heterocycles. The number of hydrogen-bond acceptors (Lipinski definition) is 2. The number of hydrogen-bond donors (Lipinski definition) is 2. The van der Waals surface area contributed by atoms with Gasteiger partial charge in [0.1, 0.15) is 5.76 Å². The van der Waals surface area contributed by atoms with E-state index in [-0.39, 0.29) is 11.5 Å². The van der Waals surface area contributed by atoms with Crippen molar-refractivity contribution in [3.63, 3.8) is 0 Å². The molecule has 0 aliphatic heterocycles. The number of aliphatic hydroxyl groups excluding tert-OH is 2. The van der Waals surface area contributed by atoms with E-state index < -0.39 is 0 Å². The Kier molecular flexibility index (Phi) is 3.33. The largest absolute Gasteiger partial charge is 0.512 e. The highest BCUT2D eigenvalue weighted by molar-refractivity contribution is 5.24. The van der Waals surface area contributed by atoms with E-state index in [1.807, 2.05) is 0 Å². The maximum atomic E-state index is 8.88. The summed E-state index contributed by atoms with van der Waals surface area (Å²) in [7, 11) is 0. The molecule has 0 amide bonds. The Morgan fingerprint density at radius 2 is 1.80 bits per heavy atom. The molecular formula is C8H12O2. The molecule has 0 spiro atoms. The third-order valence-electron chi connectivity index (χ3n) is 1.14. The van der Waals surface area contributed by atoms with Crippen molar-refractivity contribution in [2.24, 2.45) is 0 Å². The van der Waals surface area contributed by atoms with Gasteiger partial charge < -0.3 is 10.2 Å². The first kappa shape index (κ1) is 8.82. The van der Waals surface area contributed by atoms with Crippen molar-refractivity contribution in [2.45, 2.75) is 13.8 Å². The summed E-state index contributed by atoms with van der Waals surface area (Å²) in [5.74, 6) is 0.263. The fraction of sp³-hybridized carbons (Fsp3) is 0.250. The highest BCUT2D eigenvalue weighted by atomic mass is 16.3. The van der Waals surface area contributed by atoms with Crippen LogP contribution in [0.2, 0.25) is 0 Å². The maximum Gasteiger partial charge on any atom is 0.115 e. The van der Waals surface area contributed by atoms with Gasteiger partial charge >= 0.3 is 0 Å². The molecule has 0 saturated carbocycles. The van der Waals surface area contributed by atoms with Crippen LogP contribution in [0.25, 0.3) is 0 Å². The van der Waals surface area contributed by atoms with Gasteiger partial charge in [-0.2, -0.15) is 0 Å². The van der Waals surface area contributed by atoms with E-state index in [1.54, 1.807) is 13.8 Å². The highest BCUT2D eigenvalue weighted by Gasteiger charge is 1.90. The van der Waals surface area contributed by atoms with Crippen molar-refractivity contribution in [3.8, 4) is 0 Å². The summed E-state index contributed by atoms with van der Waals surface area (Å²) in [4.78, 5) is 0. The van der Waals surface area contributed by atoms with Crippen LogP contribution in [0.15, 0.2) is 35.8 Å². The predicted octanol–water partition coefficient (Wildman–Crippen LogP) is 2.47. The van der Waals surface area contributed by atoms with Crippen LogP contribution in [0.1, 0.15) is 13.8 Å². The Morgan fingerprint density at radius 3 is 2.10 bits per heavy atom. The lowest BCUT2D eigenvalue weighted by molar-refractivity contribution is 0.405. The van der Waals surface area contributed by atoms with Crippen molar-refractivity contribution < 1.29 is 10.2 Å². The molecule has 0 aliphatic carbocycles. The molecule has 0 aromatic heterocycles. The number of allylic oxidation sites excluding steroid dienone is 4. The Balaban J connectivity index is 4.42. The topological polar surface area (TPSA) is 40.5 Å². The second-order valence-corrected chi connectivity index (χ2v) is 2.04. The summed E-state index contributed by atoms with van der Waals surface area (Å²) in [6.07, 6.45) is 2.76. The average Bonchev–Trinajstić information content (AvgIpc) is 1.87. The van der Waals surface area contributed by atoms with Gasteiger partial charge in [-0.3, -0.25) is 0 Å². The van der Waals surface area contributed by atoms with Crippen LogP contribution in [-0.2, 0) is 0 Å². The molecule has 0 rings (SSSR count). The molecule has 2 N–H and O–H groups in total. The first-order chi connectivity index (χ1) is 4.57. The summed E-state index contributed by atoms with van der Waals surface area (Å²) < 4.78 is 0. The molecule has 0 atom stereocenters. The Hall–Kier alpha value is -1.18. The maximum absolute atomic E-state index is 8.88. The zero-order valence-corrected chi connectivity index (χ0v) is 6.26. The Bertz CT molecular complexity index is 183. The van der Waals surface area contributed by atoms with E-state index in [1.165, 1.54) is 12.2 Å². The average molecular weight is 140 g/mol. The standard InChI is InChI=1S/C8H12O2/c1-4-8(10)5-6(2)7(3)9/h4-5,9-10H,1H2,2-3H3/b7-6+,8-5+. The minimum absolute atomic E-state index is 0.0610. The van der Waals surface area contributed by atoms with Gasteiger partial charge in [0.25, 0.3) is 0 Å². The molecule has 0 aromatic carbocycles. The van der Waals surface area contributed by atoms with Crippen molar-refractivity contribution >= 4 is 0 Å². The second-order valence-electron chi connectivity index (χ2n) is 2.04. The SMILES string of the molecule is C=C/C(O)=C\C(C)=C(/C)O. The zero-order chi connectivity index (χ0) is 8.15. The van der Waals surface area contributed by atoms with E-state index in [9.17, 15) is 0 Å². The molecule has 0 aliphatic rings. The summed E-state index contributed by atoms with van der Waals surface area (Å²) >= 11 is 0. The van der Waals surface area contributed by atoms with Gasteiger partial charge in [0.05, 0.1) is 5.76 Å². The quantitative estimate of drug-likeness (QED) is 0.457. The van der Waals surface area contributed by atoms with Gasteiger partial charge in [-0.1, -0.05) is 6.58 Å². The van der Waals surface area contributed by atoms with Crippen molar-refractivity contribution in [3.05, 3.63) is 35.8 Å². The van der Waals surface area contributed by atoms with E-state index in [4.69, 9.17) is 10.2 Å². The van der Waals surface area contributed by atoms with Crippen molar-refractivity contribution in [2.75, 3.05) is 0 Å². The Morgan fingerprint density at radius 1 is 1.30 bits per heavy atom. The molecule has 0 unspecified atom stereocenters. The number of aliphatic hydroxyl groups is 2. The second kappa shape index (κ2) is 3.77. The molecular weight excluding hydrogens is 128 g/mol. The van der Waals surface area contributed by atoms with Crippen molar-refractivity contribution in [1.29, 1.82) is 0 Å². The van der Waals surface area contributed by atoms with Crippen LogP contribution >= 0.6 is 0 Å². The van der Waals surface area contributed by atoms with E-state index in [0.29, 0.717) is 5.57 Å². The van der Waals surface area contributed by atoms with Crippen LogP contribution in [0.3, 0.4) is 0 Å². The smallest absolute Gasteiger partial charge is 0.115 e. The summed E-state index contributed by atoms with van der Waals surface area (Å²) in [5.41, 5.74) is 0.636. The third kappa shape index (κ3) is 2.97. The van der Waals surface area contributed by atoms with Crippen LogP contribution in [0, 0.1) is 0 Å². The lowest BCUT2D eigenvalue weighted by atomic mass is 10.2. The zero-order valence-electron chi connectivity index (χ0n) is 6.26. The predicted molar refractivity (Wildman–Crippen MR) is 41.9 cm³/mol. The first-order valence-corrected chi connectivity index (χ1v) is 2.97. The minimum Gasteiger partial charge on any atom is -0.512 e. The van der Waals surface area contributed by atoms with Crippen LogP contribution < -0.4 is 0 Å². The number of rotatable bonds is 2. The van der Waals surface area contributed by atoms with Gasteiger partial charge in [-0.05, 0) is 31.6 Å². The fourth-order valence-electron chi connectivity index (χ4n) is 0.385. The van der Waals surface area contributed by atoms with Crippen LogP contribution in [0.5, 0.6) is 0 Å². The van der Waals surface area contributed by atoms with E-state index >= 15 is 0 Å². The molecule has 2 heteroatoms. The van der Waals surface area contributed by atoms with Crippen LogP contribution in [0.4, 0.5) is 0 Å². The normalized spacial score (nSPS) is 14.4. The van der Waals surface area contributed by atoms with E-state index in [2.05, 4.69) is 6.58 Å². The first-order valence-electron chi connectivity index (χ1n) is 2.97. The fourth-order valence-corrected chi connectivity index (χ4v) is 0.385. The van der Waals surface area contributed by atoms with Gasteiger partial charge in [0.15, 0.2) is 0 Å². The lowest BCUT2D eigenvalue weighted by Crippen LogP contribution is -1.80. The molecule has 0 fully saturated rings. The lowest BCUT2D eigenvalue weighted by Gasteiger charge is -1.94. The summed E-state index contributed by atoms with van der Waals surface area (Å²) in [6.45, 7) is 6.61. The van der Waals surface area contributed by atoms with E-state index in [0.717, 1.165) is 0 Å². The summed E-state index contributed by atoms with van der Waals surface area (Å²) in [6, 6.07) is 0. The minimum atomic E-state index is 0.0610. The molecule has 2 nitrogen and oxygen atoms in total. The van der Waals surface area contributed by atoms with Gasteiger partial charge in [0.2, 0.25) is 0 Å². The molecule has 56 valence electrons. The molecule has 0 saturated heterocycles. The molecule has 0 aromatic rings. The monoisotopic (exact) mass is 140 g/mol.